The summed E-state index contributed by atoms with van der Waals surface area (Å²) in [5.74, 6) is -0.667. The van der Waals surface area contributed by atoms with Crippen LogP contribution in [0.25, 0.3) is 0 Å². The molecule has 2 rings (SSSR count). The van der Waals surface area contributed by atoms with Crippen molar-refractivity contribution < 1.29 is 14.6 Å². The van der Waals surface area contributed by atoms with Crippen molar-refractivity contribution in [1.29, 1.82) is 5.26 Å². The Hall–Kier alpha value is -1.86. The zero-order valence-corrected chi connectivity index (χ0v) is 11.3. The molecule has 1 fully saturated rings. The third kappa shape index (κ3) is 2.00. The summed E-state index contributed by atoms with van der Waals surface area (Å²) in [4.78, 5) is 11.2. The fourth-order valence-electron chi connectivity index (χ4n) is 2.40. The number of carbonyl (C=O) groups is 1. The number of hydrogen-bond donors (Lipinski definition) is 1. The number of nitrogens with zero attached hydrogens (tertiary/aromatic N) is 1. The van der Waals surface area contributed by atoms with E-state index in [1.54, 1.807) is 13.0 Å². The monoisotopic (exact) mass is 259 g/mol. The van der Waals surface area contributed by atoms with Crippen molar-refractivity contribution in [2.75, 3.05) is 0 Å². The molecule has 0 saturated carbocycles. The van der Waals surface area contributed by atoms with Crippen LogP contribution < -0.4 is 0 Å². The first-order chi connectivity index (χ1) is 8.85. The molecule has 0 amide bonds. The van der Waals surface area contributed by atoms with E-state index in [2.05, 4.69) is 13.8 Å². The average molecular weight is 259 g/mol. The SMILES string of the molecule is CC(C)Cc1ccc(C2(C)OC2(C#N)C(=O)O)cc1. The lowest BCUT2D eigenvalue weighted by Gasteiger charge is -2.10. The van der Waals surface area contributed by atoms with Crippen LogP contribution in [-0.4, -0.2) is 16.7 Å². The number of carboxylic acid groups (broad SMARTS) is 1. The van der Waals surface area contributed by atoms with Gasteiger partial charge >= 0.3 is 5.97 Å². The smallest absolute Gasteiger partial charge is 0.354 e. The molecule has 0 bridgehead atoms. The minimum atomic E-state index is -1.74. The van der Waals surface area contributed by atoms with E-state index in [4.69, 9.17) is 15.1 Å². The Labute approximate surface area is 112 Å². The molecule has 100 valence electrons. The van der Waals surface area contributed by atoms with Crippen LogP contribution in [0.1, 0.15) is 31.9 Å². The summed E-state index contributed by atoms with van der Waals surface area (Å²) in [6.07, 6.45) is 0.972. The zero-order valence-electron chi connectivity index (χ0n) is 11.3. The molecule has 0 aromatic heterocycles. The van der Waals surface area contributed by atoms with Gasteiger partial charge in [0.2, 0.25) is 0 Å². The molecule has 1 aliphatic rings. The second-order valence-corrected chi connectivity index (χ2v) is 5.53. The Morgan fingerprint density at radius 3 is 2.37 bits per heavy atom. The highest BCUT2D eigenvalue weighted by Gasteiger charge is 2.74. The standard InChI is InChI=1S/C15H17NO3/c1-10(2)8-11-4-6-12(7-5-11)14(3)15(9-16,19-14)13(17)18/h4-7,10H,8H2,1-3H3,(H,17,18). The van der Waals surface area contributed by atoms with Crippen LogP contribution in [0.5, 0.6) is 0 Å². The zero-order chi connectivity index (χ0) is 14.3. The first-order valence-electron chi connectivity index (χ1n) is 6.30. The van der Waals surface area contributed by atoms with Crippen LogP contribution in [0.15, 0.2) is 24.3 Å². The number of carboxylic acids is 1. The molecular formula is C15H17NO3. The number of aliphatic carboxylic acids is 1. The Kier molecular flexibility index (Phi) is 3.11. The Balaban J connectivity index is 2.25. The number of epoxide rings is 1. The van der Waals surface area contributed by atoms with Crippen LogP contribution >= 0.6 is 0 Å². The predicted octanol–water partition coefficient (Wildman–Crippen LogP) is 2.48. The third-order valence-corrected chi connectivity index (χ3v) is 3.59. The summed E-state index contributed by atoms with van der Waals surface area (Å²) in [5.41, 5.74) is -0.874. The Morgan fingerprint density at radius 2 is 2.00 bits per heavy atom. The molecule has 4 heteroatoms. The fraction of sp³-hybridized carbons (Fsp3) is 0.467. The van der Waals surface area contributed by atoms with Crippen LogP contribution in [0.4, 0.5) is 0 Å². The quantitative estimate of drug-likeness (QED) is 0.843. The van der Waals surface area contributed by atoms with Crippen molar-refractivity contribution in [2.24, 2.45) is 5.92 Å². The average Bonchev–Trinajstić information content (AvgIpc) is 2.98. The number of hydrogen-bond acceptors (Lipinski definition) is 3. The van der Waals surface area contributed by atoms with Crippen molar-refractivity contribution >= 4 is 5.97 Å². The molecule has 1 heterocycles. The molecule has 1 aromatic rings. The molecule has 2 atom stereocenters. The maximum absolute atomic E-state index is 11.2. The summed E-state index contributed by atoms with van der Waals surface area (Å²) < 4.78 is 5.25. The van der Waals surface area contributed by atoms with Gasteiger partial charge in [-0.3, -0.25) is 0 Å². The second-order valence-electron chi connectivity index (χ2n) is 5.53. The van der Waals surface area contributed by atoms with E-state index in [-0.39, 0.29) is 0 Å². The van der Waals surface area contributed by atoms with Crippen LogP contribution in [-0.2, 0) is 21.6 Å². The predicted molar refractivity (Wildman–Crippen MR) is 69.4 cm³/mol. The van der Waals surface area contributed by atoms with E-state index >= 15 is 0 Å². The summed E-state index contributed by atoms with van der Waals surface area (Å²) in [6, 6.07) is 9.39. The highest BCUT2D eigenvalue weighted by atomic mass is 16.6. The molecule has 1 N–H and O–H groups in total. The number of benzene rings is 1. The van der Waals surface area contributed by atoms with E-state index in [9.17, 15) is 4.79 Å². The van der Waals surface area contributed by atoms with E-state index in [1.807, 2.05) is 24.3 Å². The summed E-state index contributed by atoms with van der Waals surface area (Å²) in [7, 11) is 0. The molecule has 1 aromatic carbocycles. The molecule has 1 aliphatic heterocycles. The van der Waals surface area contributed by atoms with Gasteiger partial charge in [0.05, 0.1) is 0 Å². The van der Waals surface area contributed by atoms with Gasteiger partial charge in [0.25, 0.3) is 5.60 Å². The van der Waals surface area contributed by atoms with E-state index < -0.39 is 17.2 Å². The van der Waals surface area contributed by atoms with Gasteiger partial charge in [-0.05, 0) is 30.4 Å². The molecule has 1 saturated heterocycles. The van der Waals surface area contributed by atoms with E-state index in [0.717, 1.165) is 12.0 Å². The van der Waals surface area contributed by atoms with Crippen molar-refractivity contribution in [1.82, 2.24) is 0 Å². The lowest BCUT2D eigenvalue weighted by molar-refractivity contribution is -0.141. The second kappa shape index (κ2) is 4.36. The Bertz CT molecular complexity index is 544. The van der Waals surface area contributed by atoms with Gasteiger partial charge < -0.3 is 9.84 Å². The van der Waals surface area contributed by atoms with Crippen LogP contribution in [0.2, 0.25) is 0 Å². The van der Waals surface area contributed by atoms with Gasteiger partial charge in [0.1, 0.15) is 11.7 Å². The van der Waals surface area contributed by atoms with Crippen LogP contribution in [0, 0.1) is 17.2 Å². The molecule has 0 radical (unpaired) electrons. The van der Waals surface area contributed by atoms with Crippen molar-refractivity contribution in [3.63, 3.8) is 0 Å². The lowest BCUT2D eigenvalue weighted by Crippen LogP contribution is -2.29. The molecule has 19 heavy (non-hydrogen) atoms. The Morgan fingerprint density at radius 1 is 1.42 bits per heavy atom. The minimum absolute atomic E-state index is 0.566. The van der Waals surface area contributed by atoms with Gasteiger partial charge in [0, 0.05) is 0 Å². The lowest BCUT2D eigenvalue weighted by atomic mass is 9.87. The van der Waals surface area contributed by atoms with Crippen molar-refractivity contribution in [3.8, 4) is 6.07 Å². The van der Waals surface area contributed by atoms with E-state index in [0.29, 0.717) is 5.92 Å². The van der Waals surface area contributed by atoms with Gasteiger partial charge in [-0.15, -0.1) is 0 Å². The number of rotatable bonds is 4. The summed E-state index contributed by atoms with van der Waals surface area (Å²) in [5, 5.41) is 18.2. The minimum Gasteiger partial charge on any atom is -0.478 e. The van der Waals surface area contributed by atoms with Gasteiger partial charge in [0.15, 0.2) is 0 Å². The van der Waals surface area contributed by atoms with Crippen LogP contribution in [0.3, 0.4) is 0 Å². The molecule has 0 aliphatic carbocycles. The highest BCUT2D eigenvalue weighted by Crippen LogP contribution is 2.55. The molecule has 2 unspecified atom stereocenters. The topological polar surface area (TPSA) is 73.6 Å². The van der Waals surface area contributed by atoms with Gasteiger partial charge in [-0.2, -0.15) is 5.26 Å². The maximum atomic E-state index is 11.2. The molecule has 4 nitrogen and oxygen atoms in total. The molecular weight excluding hydrogens is 242 g/mol. The van der Waals surface area contributed by atoms with Crippen molar-refractivity contribution in [2.45, 2.75) is 38.4 Å². The highest BCUT2D eigenvalue weighted by molar-refractivity contribution is 5.87. The van der Waals surface area contributed by atoms with Gasteiger partial charge in [-0.1, -0.05) is 38.1 Å². The normalized spacial score (nSPS) is 29.0. The number of nitriles is 1. The third-order valence-electron chi connectivity index (χ3n) is 3.59. The largest absolute Gasteiger partial charge is 0.478 e. The first-order valence-corrected chi connectivity index (χ1v) is 6.30. The van der Waals surface area contributed by atoms with Gasteiger partial charge in [-0.25, -0.2) is 4.79 Å². The van der Waals surface area contributed by atoms with E-state index in [1.165, 1.54) is 5.56 Å². The first kappa shape index (κ1) is 13.6. The maximum Gasteiger partial charge on any atom is 0.354 e. The summed E-state index contributed by atoms with van der Waals surface area (Å²) >= 11 is 0. The summed E-state index contributed by atoms with van der Waals surface area (Å²) in [6.45, 7) is 5.93. The molecule has 0 spiro atoms. The van der Waals surface area contributed by atoms with Crippen molar-refractivity contribution in [3.05, 3.63) is 35.4 Å². The fourth-order valence-corrected chi connectivity index (χ4v) is 2.40. The number of ether oxygens (including phenoxy) is 1.